The molecule has 0 aromatic heterocycles. The van der Waals surface area contributed by atoms with E-state index in [2.05, 4.69) is 5.32 Å². The van der Waals surface area contributed by atoms with E-state index in [1.54, 1.807) is 0 Å². The first-order valence-electron chi connectivity index (χ1n) is 7.63. The van der Waals surface area contributed by atoms with E-state index in [1.165, 1.54) is 18.2 Å². The number of nitrogens with one attached hydrogen (secondary N) is 1. The van der Waals surface area contributed by atoms with Gasteiger partial charge in [-0.25, -0.2) is 4.39 Å². The molecule has 0 aliphatic heterocycles. The van der Waals surface area contributed by atoms with Gasteiger partial charge in [0.15, 0.2) is 0 Å². The molecule has 0 aliphatic carbocycles. The summed E-state index contributed by atoms with van der Waals surface area (Å²) in [6.45, 7) is 3.29. The number of amides is 1. The van der Waals surface area contributed by atoms with E-state index in [0.717, 1.165) is 11.3 Å². The van der Waals surface area contributed by atoms with Crippen molar-refractivity contribution in [1.82, 2.24) is 4.90 Å². The highest BCUT2D eigenvalue weighted by atomic mass is 35.5. The van der Waals surface area contributed by atoms with E-state index in [0.29, 0.717) is 18.2 Å². The van der Waals surface area contributed by atoms with Gasteiger partial charge in [-0.1, -0.05) is 23.7 Å². The van der Waals surface area contributed by atoms with Crippen LogP contribution in [0.2, 0.25) is 5.02 Å². The lowest BCUT2D eigenvalue weighted by molar-refractivity contribution is -0.117. The zero-order valence-electron chi connectivity index (χ0n) is 13.7. The fourth-order valence-corrected chi connectivity index (χ4v) is 2.43. The van der Waals surface area contributed by atoms with Crippen molar-refractivity contribution < 1.29 is 13.9 Å². The van der Waals surface area contributed by atoms with Gasteiger partial charge in [-0.2, -0.15) is 0 Å². The minimum atomic E-state index is -0.512. The molecule has 0 saturated heterocycles. The highest BCUT2D eigenvalue weighted by Crippen LogP contribution is 2.19. The average molecular weight is 351 g/mol. The summed E-state index contributed by atoms with van der Waals surface area (Å²) >= 11 is 5.81. The van der Waals surface area contributed by atoms with Gasteiger partial charge in [-0.3, -0.25) is 9.69 Å². The van der Waals surface area contributed by atoms with Crippen molar-refractivity contribution in [3.8, 4) is 5.75 Å². The molecule has 0 fully saturated rings. The predicted molar refractivity (Wildman–Crippen MR) is 94.0 cm³/mol. The first-order chi connectivity index (χ1) is 11.5. The second-order valence-electron chi connectivity index (χ2n) is 5.42. The second kappa shape index (κ2) is 8.66. The summed E-state index contributed by atoms with van der Waals surface area (Å²) < 4.78 is 19.0. The minimum absolute atomic E-state index is 0.0852. The number of rotatable bonds is 7. The summed E-state index contributed by atoms with van der Waals surface area (Å²) in [7, 11) is 1.82. The molecule has 0 bridgehead atoms. The summed E-state index contributed by atoms with van der Waals surface area (Å²) in [5, 5.41) is 2.90. The number of ether oxygens (including phenoxy) is 1. The maximum Gasteiger partial charge on any atom is 0.238 e. The molecule has 0 aliphatic rings. The molecule has 6 heteroatoms. The number of anilines is 1. The molecule has 0 atom stereocenters. The molecular formula is C18H20ClFN2O2. The van der Waals surface area contributed by atoms with E-state index in [9.17, 15) is 9.18 Å². The number of carbonyl (C=O) groups excluding carboxylic acids is 1. The summed E-state index contributed by atoms with van der Waals surface area (Å²) in [5.41, 5.74) is 1.14. The lowest BCUT2D eigenvalue weighted by Crippen LogP contribution is -2.30. The molecule has 1 N–H and O–H groups in total. The third kappa shape index (κ3) is 5.51. The van der Waals surface area contributed by atoms with Gasteiger partial charge in [0, 0.05) is 11.6 Å². The fraction of sp³-hybridized carbons (Fsp3) is 0.278. The standard InChI is InChI=1S/C18H20ClFN2O2/c1-3-24-15-7-4-13(5-8-15)11-22(2)12-18(23)21-17-10-14(19)6-9-16(17)20/h4-10H,3,11-12H2,1-2H3,(H,21,23). The van der Waals surface area contributed by atoms with Crippen LogP contribution in [0.5, 0.6) is 5.75 Å². The van der Waals surface area contributed by atoms with Crippen molar-refractivity contribution in [2.75, 3.05) is 25.5 Å². The van der Waals surface area contributed by atoms with Crippen molar-refractivity contribution in [3.05, 3.63) is 58.9 Å². The van der Waals surface area contributed by atoms with Crippen molar-refractivity contribution >= 4 is 23.2 Å². The average Bonchev–Trinajstić information content (AvgIpc) is 2.53. The number of benzene rings is 2. The molecule has 0 heterocycles. The number of hydrogen-bond acceptors (Lipinski definition) is 3. The molecule has 2 aromatic rings. The van der Waals surface area contributed by atoms with Gasteiger partial charge in [0.05, 0.1) is 18.8 Å². The Morgan fingerprint density at radius 1 is 1.25 bits per heavy atom. The van der Waals surface area contributed by atoms with E-state index >= 15 is 0 Å². The van der Waals surface area contributed by atoms with E-state index in [1.807, 2.05) is 43.1 Å². The Labute approximate surface area is 146 Å². The van der Waals surface area contributed by atoms with Gasteiger partial charge in [0.25, 0.3) is 0 Å². The lowest BCUT2D eigenvalue weighted by Gasteiger charge is -2.17. The van der Waals surface area contributed by atoms with Gasteiger partial charge in [-0.15, -0.1) is 0 Å². The lowest BCUT2D eigenvalue weighted by atomic mass is 10.2. The van der Waals surface area contributed by atoms with Crippen molar-refractivity contribution in [1.29, 1.82) is 0 Å². The number of hydrogen-bond donors (Lipinski definition) is 1. The molecule has 0 saturated carbocycles. The van der Waals surface area contributed by atoms with Gasteiger partial charge in [-0.05, 0) is 49.9 Å². The first-order valence-corrected chi connectivity index (χ1v) is 8.01. The zero-order valence-corrected chi connectivity index (χ0v) is 14.4. The number of carbonyl (C=O) groups is 1. The Kier molecular flexibility index (Phi) is 6.58. The van der Waals surface area contributed by atoms with Gasteiger partial charge < -0.3 is 10.1 Å². The van der Waals surface area contributed by atoms with Crippen LogP contribution in [-0.2, 0) is 11.3 Å². The molecule has 0 unspecified atom stereocenters. The maximum atomic E-state index is 13.6. The van der Waals surface area contributed by atoms with E-state index in [-0.39, 0.29) is 18.1 Å². The number of halogens is 2. The highest BCUT2D eigenvalue weighted by molar-refractivity contribution is 6.30. The molecule has 2 rings (SSSR count). The Morgan fingerprint density at radius 3 is 2.62 bits per heavy atom. The van der Waals surface area contributed by atoms with E-state index in [4.69, 9.17) is 16.3 Å². The first kappa shape index (κ1) is 18.2. The van der Waals surface area contributed by atoms with Crippen LogP contribution in [0.4, 0.5) is 10.1 Å². The van der Waals surface area contributed by atoms with Crippen LogP contribution in [0.3, 0.4) is 0 Å². The third-order valence-corrected chi connectivity index (χ3v) is 3.54. The molecule has 1 amide bonds. The summed E-state index contributed by atoms with van der Waals surface area (Å²) in [6, 6.07) is 11.8. The van der Waals surface area contributed by atoms with Crippen molar-refractivity contribution in [2.24, 2.45) is 0 Å². The van der Waals surface area contributed by atoms with Gasteiger partial charge in [0.2, 0.25) is 5.91 Å². The number of nitrogens with zero attached hydrogens (tertiary/aromatic N) is 1. The Morgan fingerprint density at radius 2 is 1.96 bits per heavy atom. The highest BCUT2D eigenvalue weighted by Gasteiger charge is 2.10. The van der Waals surface area contributed by atoms with Gasteiger partial charge >= 0.3 is 0 Å². The predicted octanol–water partition coefficient (Wildman–Crippen LogP) is 3.95. The molecule has 2 aromatic carbocycles. The SMILES string of the molecule is CCOc1ccc(CN(C)CC(=O)Nc2cc(Cl)ccc2F)cc1. The smallest absolute Gasteiger partial charge is 0.238 e. The van der Waals surface area contributed by atoms with Crippen molar-refractivity contribution in [3.63, 3.8) is 0 Å². The third-order valence-electron chi connectivity index (χ3n) is 3.30. The summed E-state index contributed by atoms with van der Waals surface area (Å²) in [5.74, 6) is 0.00426. The van der Waals surface area contributed by atoms with Crippen molar-refractivity contribution in [2.45, 2.75) is 13.5 Å². The molecule has 24 heavy (non-hydrogen) atoms. The molecule has 4 nitrogen and oxygen atoms in total. The normalized spacial score (nSPS) is 10.7. The molecule has 0 spiro atoms. The number of likely N-dealkylation sites (N-methyl/N-ethyl adjacent to an activating group) is 1. The topological polar surface area (TPSA) is 41.6 Å². The summed E-state index contributed by atoms with van der Waals surface area (Å²) in [6.07, 6.45) is 0. The van der Waals surface area contributed by atoms with E-state index < -0.39 is 5.82 Å². The summed E-state index contributed by atoms with van der Waals surface area (Å²) in [4.78, 5) is 13.9. The molecule has 0 radical (unpaired) electrons. The van der Waals surface area contributed by atoms with Crippen LogP contribution in [-0.4, -0.2) is 31.0 Å². The van der Waals surface area contributed by atoms with Gasteiger partial charge in [0.1, 0.15) is 11.6 Å². The van der Waals surface area contributed by atoms with Crippen LogP contribution in [0.1, 0.15) is 12.5 Å². The fourth-order valence-electron chi connectivity index (χ4n) is 2.25. The largest absolute Gasteiger partial charge is 0.494 e. The van der Waals surface area contributed by atoms with Crippen LogP contribution in [0.25, 0.3) is 0 Å². The maximum absolute atomic E-state index is 13.6. The Bertz CT molecular complexity index is 692. The Hall–Kier alpha value is -2.11. The quantitative estimate of drug-likeness (QED) is 0.822. The molecular weight excluding hydrogens is 331 g/mol. The van der Waals surface area contributed by atoms with Crippen LogP contribution in [0, 0.1) is 5.82 Å². The monoisotopic (exact) mass is 350 g/mol. The van der Waals surface area contributed by atoms with Crippen LogP contribution in [0.15, 0.2) is 42.5 Å². The van der Waals surface area contributed by atoms with Crippen LogP contribution < -0.4 is 10.1 Å². The zero-order chi connectivity index (χ0) is 17.5. The second-order valence-corrected chi connectivity index (χ2v) is 5.86. The Balaban J connectivity index is 1.88. The minimum Gasteiger partial charge on any atom is -0.494 e. The van der Waals surface area contributed by atoms with Crippen LogP contribution >= 0.6 is 11.6 Å². The molecule has 128 valence electrons.